The van der Waals surface area contributed by atoms with E-state index >= 15 is 0 Å². The third-order valence-electron chi connectivity index (χ3n) is 4.78. The summed E-state index contributed by atoms with van der Waals surface area (Å²) in [6.07, 6.45) is 2.15. The van der Waals surface area contributed by atoms with Crippen LogP contribution in [-0.4, -0.2) is 0 Å². The smallest absolute Gasteiger partial charge is 0.228 e. The van der Waals surface area contributed by atoms with E-state index in [1.165, 1.54) is 43.2 Å². The molecule has 0 bridgehead atoms. The Balaban J connectivity index is 2.02. The first kappa shape index (κ1) is 13.1. The van der Waals surface area contributed by atoms with Crippen molar-refractivity contribution in [2.45, 2.75) is 13.8 Å². The van der Waals surface area contributed by atoms with Crippen molar-refractivity contribution in [1.29, 1.82) is 0 Å². The summed E-state index contributed by atoms with van der Waals surface area (Å²) < 4.78 is 9.84. The van der Waals surface area contributed by atoms with Gasteiger partial charge >= 0.3 is 0 Å². The average molecular weight is 318 g/mol. The summed E-state index contributed by atoms with van der Waals surface area (Å²) in [6.45, 7) is 4.32. The van der Waals surface area contributed by atoms with Crippen molar-refractivity contribution in [1.82, 2.24) is 0 Å². The van der Waals surface area contributed by atoms with Gasteiger partial charge in [-0.2, -0.15) is 0 Å². The summed E-state index contributed by atoms with van der Waals surface area (Å²) in [5, 5.41) is 5.93. The fourth-order valence-electron chi connectivity index (χ4n) is 3.74. The lowest BCUT2D eigenvalue weighted by Gasteiger charge is -2.21. The fourth-order valence-corrected chi connectivity index (χ4v) is 4.61. The number of pyridine rings is 1. The van der Waals surface area contributed by atoms with Crippen LogP contribution >= 0.6 is 11.3 Å². The molecule has 0 saturated heterocycles. The number of nitrogens with zero attached hydrogens (tertiary/aromatic N) is 1. The lowest BCUT2D eigenvalue weighted by atomic mass is 9.93. The minimum Gasteiger partial charge on any atom is -0.455 e. The molecule has 5 rings (SSSR count). The number of hydrogen-bond acceptors (Lipinski definition) is 2. The Labute approximate surface area is 138 Å². The molecular formula is C20H16NOS+. The van der Waals surface area contributed by atoms with Gasteiger partial charge in [-0.25, -0.2) is 4.57 Å². The fraction of sp³-hybridized carbons (Fsp3) is 0.150. The zero-order chi connectivity index (χ0) is 15.7. The van der Waals surface area contributed by atoms with Crippen molar-refractivity contribution < 1.29 is 9.30 Å². The standard InChI is InChI=1S/C20H16NOS/c1-11-8-13-4-6-21(3)20-18-12(2)14-5-7-23-17(14)10-16(18)22-15(9-11)19(13)20/h4-10H,1-3H3/q+1. The lowest BCUT2D eigenvalue weighted by molar-refractivity contribution is -0.659. The summed E-state index contributed by atoms with van der Waals surface area (Å²) >= 11 is 1.77. The summed E-state index contributed by atoms with van der Waals surface area (Å²) in [4.78, 5) is 0. The van der Waals surface area contributed by atoms with Crippen molar-refractivity contribution >= 4 is 32.2 Å². The van der Waals surface area contributed by atoms with Crippen LogP contribution in [0.2, 0.25) is 0 Å². The van der Waals surface area contributed by atoms with Gasteiger partial charge in [0, 0.05) is 10.8 Å². The van der Waals surface area contributed by atoms with Crippen LogP contribution in [0.3, 0.4) is 0 Å². The van der Waals surface area contributed by atoms with E-state index in [2.05, 4.69) is 67.4 Å². The number of hydrogen-bond donors (Lipinski definition) is 0. The molecule has 0 radical (unpaired) electrons. The topological polar surface area (TPSA) is 13.1 Å². The Morgan fingerprint density at radius 3 is 2.78 bits per heavy atom. The number of rotatable bonds is 0. The molecule has 0 saturated carbocycles. The minimum absolute atomic E-state index is 0.967. The van der Waals surface area contributed by atoms with Gasteiger partial charge in [-0.05, 0) is 59.3 Å². The molecule has 0 atom stereocenters. The van der Waals surface area contributed by atoms with Crippen molar-refractivity contribution in [3.05, 3.63) is 53.0 Å². The third kappa shape index (κ3) is 1.66. The molecule has 1 aliphatic heterocycles. The Morgan fingerprint density at radius 1 is 1.04 bits per heavy atom. The van der Waals surface area contributed by atoms with E-state index in [0.29, 0.717) is 0 Å². The molecule has 0 spiro atoms. The zero-order valence-electron chi connectivity index (χ0n) is 13.3. The molecule has 0 unspecified atom stereocenters. The highest BCUT2D eigenvalue weighted by atomic mass is 32.1. The number of thiophene rings is 1. The van der Waals surface area contributed by atoms with Crippen LogP contribution in [0.5, 0.6) is 11.5 Å². The van der Waals surface area contributed by atoms with Gasteiger partial charge in [0.25, 0.3) is 0 Å². The molecule has 0 aliphatic carbocycles. The molecule has 112 valence electrons. The number of aryl methyl sites for hydroxylation is 3. The Kier molecular flexibility index (Phi) is 2.46. The van der Waals surface area contributed by atoms with Crippen LogP contribution in [0.15, 0.2) is 41.9 Å². The van der Waals surface area contributed by atoms with Gasteiger partial charge in [-0.1, -0.05) is 6.07 Å². The van der Waals surface area contributed by atoms with Gasteiger partial charge in [-0.15, -0.1) is 11.3 Å². The normalized spacial score (nSPS) is 12.5. The SMILES string of the molecule is Cc1cc2c3c([n+](C)ccc3c1)-c1c(cc3sccc3c1C)O2. The molecule has 2 aromatic heterocycles. The minimum atomic E-state index is 0.967. The lowest BCUT2D eigenvalue weighted by Crippen LogP contribution is -2.31. The van der Waals surface area contributed by atoms with Gasteiger partial charge in [-0.3, -0.25) is 0 Å². The van der Waals surface area contributed by atoms with E-state index in [-0.39, 0.29) is 0 Å². The summed E-state index contributed by atoms with van der Waals surface area (Å²) in [6, 6.07) is 10.9. The first-order valence-corrected chi connectivity index (χ1v) is 8.63. The number of ether oxygens (including phenoxy) is 1. The van der Waals surface area contributed by atoms with Gasteiger partial charge in [0.05, 0.1) is 10.9 Å². The monoisotopic (exact) mass is 318 g/mol. The highest BCUT2D eigenvalue weighted by molar-refractivity contribution is 7.17. The molecule has 3 heteroatoms. The van der Waals surface area contributed by atoms with Crippen LogP contribution in [0.1, 0.15) is 11.1 Å². The Bertz CT molecular complexity index is 1120. The van der Waals surface area contributed by atoms with E-state index in [1.54, 1.807) is 11.3 Å². The van der Waals surface area contributed by atoms with Crippen LogP contribution in [0.25, 0.3) is 32.1 Å². The Hall–Kier alpha value is -2.39. The van der Waals surface area contributed by atoms with E-state index < -0.39 is 0 Å². The largest absolute Gasteiger partial charge is 0.455 e. The molecular weight excluding hydrogens is 302 g/mol. The van der Waals surface area contributed by atoms with Crippen LogP contribution in [0, 0.1) is 13.8 Å². The predicted molar refractivity (Wildman–Crippen MR) is 95.5 cm³/mol. The third-order valence-corrected chi connectivity index (χ3v) is 5.65. The summed E-state index contributed by atoms with van der Waals surface area (Å²) in [5.74, 6) is 1.94. The highest BCUT2D eigenvalue weighted by Gasteiger charge is 2.30. The van der Waals surface area contributed by atoms with Gasteiger partial charge in [0.15, 0.2) is 6.20 Å². The number of fused-ring (bicyclic) bond motifs is 3. The van der Waals surface area contributed by atoms with Crippen molar-refractivity contribution in [2.75, 3.05) is 0 Å². The van der Waals surface area contributed by atoms with E-state index in [9.17, 15) is 0 Å². The molecule has 23 heavy (non-hydrogen) atoms. The molecule has 0 fully saturated rings. The van der Waals surface area contributed by atoms with Crippen molar-refractivity contribution in [3.8, 4) is 22.8 Å². The van der Waals surface area contributed by atoms with Gasteiger partial charge in [0.1, 0.15) is 18.5 Å². The number of aromatic nitrogens is 1. The average Bonchev–Trinajstić information content (AvgIpc) is 2.98. The van der Waals surface area contributed by atoms with E-state index in [0.717, 1.165) is 11.5 Å². The maximum Gasteiger partial charge on any atom is 0.228 e. The van der Waals surface area contributed by atoms with Crippen LogP contribution < -0.4 is 9.30 Å². The molecule has 0 amide bonds. The van der Waals surface area contributed by atoms with Crippen molar-refractivity contribution in [2.24, 2.45) is 7.05 Å². The van der Waals surface area contributed by atoms with Crippen LogP contribution in [0.4, 0.5) is 0 Å². The van der Waals surface area contributed by atoms with Crippen LogP contribution in [-0.2, 0) is 7.05 Å². The molecule has 4 aromatic rings. The second-order valence-electron chi connectivity index (χ2n) is 6.31. The Morgan fingerprint density at radius 2 is 1.91 bits per heavy atom. The highest BCUT2D eigenvalue weighted by Crippen LogP contribution is 2.48. The predicted octanol–water partition coefficient (Wildman–Crippen LogP) is 5.27. The number of benzene rings is 2. The first-order chi connectivity index (χ1) is 11.1. The second-order valence-corrected chi connectivity index (χ2v) is 7.26. The van der Waals surface area contributed by atoms with Gasteiger partial charge < -0.3 is 4.74 Å². The van der Waals surface area contributed by atoms with E-state index in [1.807, 2.05) is 0 Å². The zero-order valence-corrected chi connectivity index (χ0v) is 14.1. The maximum absolute atomic E-state index is 6.34. The quantitative estimate of drug-likeness (QED) is 0.355. The summed E-state index contributed by atoms with van der Waals surface area (Å²) in [7, 11) is 2.12. The maximum atomic E-state index is 6.34. The van der Waals surface area contributed by atoms with Crippen molar-refractivity contribution in [3.63, 3.8) is 0 Å². The second kappa shape index (κ2) is 4.33. The van der Waals surface area contributed by atoms with E-state index in [4.69, 9.17) is 4.74 Å². The molecule has 0 N–H and O–H groups in total. The first-order valence-electron chi connectivity index (χ1n) is 7.75. The van der Waals surface area contributed by atoms with Gasteiger partial charge in [0.2, 0.25) is 5.69 Å². The molecule has 3 heterocycles. The molecule has 2 nitrogen and oxygen atoms in total. The summed E-state index contributed by atoms with van der Waals surface area (Å²) in [5.41, 5.74) is 5.00. The molecule has 1 aliphatic rings. The molecule has 2 aromatic carbocycles.